The monoisotopic (exact) mass is 265 g/mol. The summed E-state index contributed by atoms with van der Waals surface area (Å²) in [5.41, 5.74) is 0.0619. The molecule has 1 saturated heterocycles. The number of hydrogen-bond acceptors (Lipinski definition) is 2. The number of rotatable bonds is 1. The van der Waals surface area contributed by atoms with E-state index in [1.54, 1.807) is 12.3 Å². The van der Waals surface area contributed by atoms with Crippen LogP contribution in [0.2, 0.25) is 0 Å². The zero-order valence-corrected chi connectivity index (χ0v) is 10.1. The number of piperidine rings is 1. The lowest BCUT2D eigenvalue weighted by atomic mass is 9.76. The number of nitrogens with zero attached hydrogens (tertiary/aromatic N) is 1. The summed E-state index contributed by atoms with van der Waals surface area (Å²) < 4.78 is 26.4. The van der Waals surface area contributed by atoms with Crippen molar-refractivity contribution < 1.29 is 13.6 Å². The Morgan fingerprint density at radius 3 is 2.84 bits per heavy atom. The molecule has 0 bridgehead atoms. The van der Waals surface area contributed by atoms with E-state index >= 15 is 0 Å². The van der Waals surface area contributed by atoms with Crippen LogP contribution in [0.25, 0.3) is 0 Å². The van der Waals surface area contributed by atoms with Gasteiger partial charge in [-0.1, -0.05) is 6.07 Å². The fourth-order valence-corrected chi connectivity index (χ4v) is 2.78. The van der Waals surface area contributed by atoms with Crippen LogP contribution in [-0.4, -0.2) is 30.9 Å². The number of benzene rings is 1. The van der Waals surface area contributed by atoms with Crippen molar-refractivity contribution in [2.75, 3.05) is 13.1 Å². The molecular formula is C13H13F2N3O. The van der Waals surface area contributed by atoms with E-state index in [-0.39, 0.29) is 11.9 Å². The van der Waals surface area contributed by atoms with Crippen molar-refractivity contribution in [3.8, 4) is 0 Å². The van der Waals surface area contributed by atoms with Crippen molar-refractivity contribution in [1.29, 1.82) is 0 Å². The maximum absolute atomic E-state index is 13.4. The van der Waals surface area contributed by atoms with Gasteiger partial charge in [0.25, 0.3) is 0 Å². The molecule has 2 amide bonds. The normalized spacial score (nSPS) is 29.8. The maximum atomic E-state index is 13.4. The van der Waals surface area contributed by atoms with E-state index in [1.165, 1.54) is 6.07 Å². The van der Waals surface area contributed by atoms with E-state index in [1.807, 2.05) is 0 Å². The smallest absolute Gasteiger partial charge is 0.325 e. The minimum Gasteiger partial charge on any atom is -0.325 e. The Balaban J connectivity index is 1.99. The van der Waals surface area contributed by atoms with Crippen LogP contribution in [0.4, 0.5) is 13.6 Å². The Hall–Kier alpha value is -1.82. The predicted molar refractivity (Wildman–Crippen MR) is 66.3 cm³/mol. The van der Waals surface area contributed by atoms with Crippen molar-refractivity contribution in [2.45, 2.75) is 17.9 Å². The molecular weight excluding hydrogens is 252 g/mol. The summed E-state index contributed by atoms with van der Waals surface area (Å²) >= 11 is 0. The molecule has 2 aliphatic rings. The van der Waals surface area contributed by atoms with Crippen molar-refractivity contribution >= 4 is 12.2 Å². The number of nitrogens with one attached hydrogen (secondary N) is 2. The van der Waals surface area contributed by atoms with Gasteiger partial charge in [0.15, 0.2) is 11.6 Å². The van der Waals surface area contributed by atoms with Gasteiger partial charge < -0.3 is 10.6 Å². The molecule has 100 valence electrons. The van der Waals surface area contributed by atoms with E-state index in [4.69, 9.17) is 0 Å². The summed E-state index contributed by atoms with van der Waals surface area (Å²) in [7, 11) is 0. The van der Waals surface area contributed by atoms with E-state index in [0.29, 0.717) is 18.5 Å². The van der Waals surface area contributed by atoms with Crippen molar-refractivity contribution in [2.24, 2.45) is 4.99 Å². The zero-order valence-electron chi connectivity index (χ0n) is 10.1. The van der Waals surface area contributed by atoms with E-state index in [0.717, 1.165) is 12.6 Å². The molecule has 2 heterocycles. The van der Waals surface area contributed by atoms with Crippen LogP contribution in [0.3, 0.4) is 0 Å². The predicted octanol–water partition coefficient (Wildman–Crippen LogP) is 1.57. The first kappa shape index (κ1) is 12.2. The van der Waals surface area contributed by atoms with Crippen LogP contribution >= 0.6 is 0 Å². The average molecular weight is 265 g/mol. The van der Waals surface area contributed by atoms with Gasteiger partial charge in [0.1, 0.15) is 0 Å². The summed E-state index contributed by atoms with van der Waals surface area (Å²) in [6.45, 7) is 1.32. The first-order valence-electron chi connectivity index (χ1n) is 6.14. The lowest BCUT2D eigenvalue weighted by Crippen LogP contribution is -2.57. The second kappa shape index (κ2) is 4.38. The molecule has 1 aromatic rings. The maximum Gasteiger partial charge on any atom is 0.341 e. The van der Waals surface area contributed by atoms with Crippen molar-refractivity contribution in [1.82, 2.24) is 10.6 Å². The largest absolute Gasteiger partial charge is 0.341 e. The number of amides is 2. The third kappa shape index (κ3) is 2.02. The van der Waals surface area contributed by atoms with Crippen molar-refractivity contribution in [3.05, 3.63) is 35.4 Å². The molecule has 2 unspecified atom stereocenters. The Morgan fingerprint density at radius 2 is 2.16 bits per heavy atom. The minimum absolute atomic E-state index is 0.161. The first-order valence-corrected chi connectivity index (χ1v) is 6.14. The van der Waals surface area contributed by atoms with Gasteiger partial charge >= 0.3 is 6.03 Å². The summed E-state index contributed by atoms with van der Waals surface area (Å²) in [6, 6.07) is 3.47. The van der Waals surface area contributed by atoms with Gasteiger partial charge in [-0.2, -0.15) is 0 Å². The van der Waals surface area contributed by atoms with Gasteiger partial charge in [-0.15, -0.1) is 0 Å². The Labute approximate surface area is 108 Å². The average Bonchev–Trinajstić information content (AvgIpc) is 2.75. The van der Waals surface area contributed by atoms with Gasteiger partial charge in [0, 0.05) is 18.7 Å². The molecule has 2 atom stereocenters. The number of carbonyl (C=O) groups is 1. The Kier molecular flexibility index (Phi) is 2.82. The Bertz CT molecular complexity index is 561. The standard InChI is InChI=1S/C13H13F2N3O/c14-10-2-1-8(5-11(10)15)9-6-16-4-3-13(9)7-17-12(19)18-13/h1-2,5,7,9,16H,3-4,6H2,(H,18,19). The molecule has 1 fully saturated rings. The third-order valence-corrected chi connectivity index (χ3v) is 3.78. The lowest BCUT2D eigenvalue weighted by molar-refractivity contribution is 0.236. The van der Waals surface area contributed by atoms with E-state index in [9.17, 15) is 13.6 Å². The molecule has 6 heteroatoms. The molecule has 0 aromatic heterocycles. The Morgan fingerprint density at radius 1 is 1.32 bits per heavy atom. The van der Waals surface area contributed by atoms with Crippen LogP contribution in [0.1, 0.15) is 17.9 Å². The van der Waals surface area contributed by atoms with Gasteiger partial charge in [-0.05, 0) is 30.7 Å². The van der Waals surface area contributed by atoms with Crippen LogP contribution in [0, 0.1) is 11.6 Å². The van der Waals surface area contributed by atoms with Crippen LogP contribution < -0.4 is 10.6 Å². The summed E-state index contributed by atoms with van der Waals surface area (Å²) in [5.74, 6) is -1.91. The first-order chi connectivity index (χ1) is 9.11. The second-order valence-electron chi connectivity index (χ2n) is 4.91. The SMILES string of the molecule is O=C1N=CC2(CCNCC2c2ccc(F)c(F)c2)N1. The highest BCUT2D eigenvalue weighted by Crippen LogP contribution is 2.34. The molecule has 0 radical (unpaired) electrons. The second-order valence-corrected chi connectivity index (χ2v) is 4.91. The highest BCUT2D eigenvalue weighted by Gasteiger charge is 2.44. The van der Waals surface area contributed by atoms with Gasteiger partial charge in [0.2, 0.25) is 0 Å². The molecule has 3 rings (SSSR count). The molecule has 4 nitrogen and oxygen atoms in total. The molecule has 19 heavy (non-hydrogen) atoms. The number of carbonyl (C=O) groups excluding carboxylic acids is 1. The topological polar surface area (TPSA) is 53.5 Å². The summed E-state index contributed by atoms with van der Waals surface area (Å²) in [4.78, 5) is 15.1. The number of aliphatic imine (C=N–C) groups is 1. The summed E-state index contributed by atoms with van der Waals surface area (Å²) in [5, 5.41) is 6.04. The molecule has 1 aromatic carbocycles. The minimum atomic E-state index is -0.875. The lowest BCUT2D eigenvalue weighted by Gasteiger charge is -2.39. The van der Waals surface area contributed by atoms with Crippen LogP contribution in [-0.2, 0) is 0 Å². The highest BCUT2D eigenvalue weighted by molar-refractivity contribution is 5.96. The zero-order chi connectivity index (χ0) is 13.5. The fourth-order valence-electron chi connectivity index (χ4n) is 2.78. The quantitative estimate of drug-likeness (QED) is 0.810. The highest BCUT2D eigenvalue weighted by atomic mass is 19.2. The van der Waals surface area contributed by atoms with E-state index in [2.05, 4.69) is 15.6 Å². The number of urea groups is 1. The number of hydrogen-bond donors (Lipinski definition) is 2. The molecule has 0 saturated carbocycles. The summed E-state index contributed by atoms with van der Waals surface area (Å²) in [6.07, 6.45) is 2.27. The molecule has 2 N–H and O–H groups in total. The van der Waals surface area contributed by atoms with Crippen LogP contribution in [0.15, 0.2) is 23.2 Å². The van der Waals surface area contributed by atoms with Crippen molar-refractivity contribution in [3.63, 3.8) is 0 Å². The van der Waals surface area contributed by atoms with E-state index < -0.39 is 17.2 Å². The van der Waals surface area contributed by atoms with Gasteiger partial charge in [-0.3, -0.25) is 0 Å². The van der Waals surface area contributed by atoms with Gasteiger partial charge in [-0.25, -0.2) is 18.6 Å². The van der Waals surface area contributed by atoms with Crippen LogP contribution in [0.5, 0.6) is 0 Å². The molecule has 0 aliphatic carbocycles. The van der Waals surface area contributed by atoms with Gasteiger partial charge in [0.05, 0.1) is 5.54 Å². The molecule has 1 spiro atoms. The number of halogens is 2. The third-order valence-electron chi connectivity index (χ3n) is 3.78. The molecule has 2 aliphatic heterocycles. The fraction of sp³-hybridized carbons (Fsp3) is 0.385.